The molecule has 0 aliphatic carbocycles. The number of hydrogen-bond acceptors (Lipinski definition) is 2. The molecule has 2 radical (unpaired) electrons. The van der Waals surface area contributed by atoms with Crippen LogP contribution < -0.4 is 0 Å². The molecular formula is C17H17Cl2F3N2S. The van der Waals surface area contributed by atoms with E-state index in [4.69, 9.17) is 23.2 Å². The molecule has 1 heterocycles. The molecular weight excluding hydrogens is 392 g/mol. The lowest BCUT2D eigenvalue weighted by Gasteiger charge is -2.15. The Balaban J connectivity index is 2.55. The lowest BCUT2D eigenvalue weighted by atomic mass is 10.1. The molecule has 0 bridgehead atoms. The number of benzene rings is 1. The van der Waals surface area contributed by atoms with E-state index in [0.29, 0.717) is 32.1 Å². The summed E-state index contributed by atoms with van der Waals surface area (Å²) in [5.74, 6) is 0.232. The highest BCUT2D eigenvalue weighted by atomic mass is 35.5. The van der Waals surface area contributed by atoms with Crippen LogP contribution >= 0.6 is 35.0 Å². The Bertz CT molecular complexity index is 722. The Morgan fingerprint density at radius 2 is 1.84 bits per heavy atom. The number of halogens is 5. The molecule has 0 amide bonds. The van der Waals surface area contributed by atoms with E-state index in [9.17, 15) is 13.2 Å². The Kier molecular flexibility index (Phi) is 6.74. The Morgan fingerprint density at radius 1 is 1.24 bits per heavy atom. The van der Waals surface area contributed by atoms with Crippen molar-refractivity contribution in [3.05, 3.63) is 53.1 Å². The first-order valence-electron chi connectivity index (χ1n) is 7.54. The second-order valence-corrected chi connectivity index (χ2v) is 7.65. The summed E-state index contributed by atoms with van der Waals surface area (Å²) in [6.45, 7) is 6.35. The predicted molar refractivity (Wildman–Crippen MR) is 96.3 cm³/mol. The zero-order chi connectivity index (χ0) is 18.8. The smallest absolute Gasteiger partial charge is 0.313 e. The van der Waals surface area contributed by atoms with Crippen molar-refractivity contribution in [3.63, 3.8) is 0 Å². The van der Waals surface area contributed by atoms with Crippen molar-refractivity contribution in [2.45, 2.75) is 48.8 Å². The predicted octanol–water partition coefficient (Wildman–Crippen LogP) is 6.80. The molecule has 2 rings (SSSR count). The third-order valence-electron chi connectivity index (χ3n) is 3.24. The van der Waals surface area contributed by atoms with Crippen molar-refractivity contribution in [2.24, 2.45) is 0 Å². The van der Waals surface area contributed by atoms with Crippen molar-refractivity contribution in [1.82, 2.24) is 9.55 Å². The summed E-state index contributed by atoms with van der Waals surface area (Å²) in [6.07, 6.45) is -2.42. The van der Waals surface area contributed by atoms with Crippen LogP contribution in [0.5, 0.6) is 0 Å². The van der Waals surface area contributed by atoms with Gasteiger partial charge >= 0.3 is 6.18 Å². The van der Waals surface area contributed by atoms with Crippen LogP contribution in [0.4, 0.5) is 13.2 Å². The lowest BCUT2D eigenvalue weighted by molar-refractivity contribution is -0.142. The largest absolute Gasteiger partial charge is 0.406 e. The van der Waals surface area contributed by atoms with Crippen molar-refractivity contribution >= 4 is 35.0 Å². The Morgan fingerprint density at radius 3 is 2.32 bits per heavy atom. The van der Waals surface area contributed by atoms with Gasteiger partial charge in [-0.3, -0.25) is 0 Å². The van der Waals surface area contributed by atoms with Gasteiger partial charge in [-0.25, -0.2) is 4.98 Å². The minimum absolute atomic E-state index is 0.0383. The van der Waals surface area contributed by atoms with E-state index in [1.54, 1.807) is 24.6 Å². The van der Waals surface area contributed by atoms with Gasteiger partial charge in [0.2, 0.25) is 0 Å². The van der Waals surface area contributed by atoms with Gasteiger partial charge in [0.1, 0.15) is 17.4 Å². The number of rotatable bonds is 6. The van der Waals surface area contributed by atoms with E-state index < -0.39 is 12.7 Å². The number of alkyl halides is 3. The molecule has 1 aromatic heterocycles. The average molecular weight is 409 g/mol. The van der Waals surface area contributed by atoms with Crippen LogP contribution in [0.25, 0.3) is 0 Å². The highest BCUT2D eigenvalue weighted by Gasteiger charge is 2.32. The molecule has 0 saturated heterocycles. The maximum atomic E-state index is 13.1. The van der Waals surface area contributed by atoms with Gasteiger partial charge in [0.25, 0.3) is 0 Å². The third kappa shape index (κ3) is 5.56. The van der Waals surface area contributed by atoms with Crippen molar-refractivity contribution in [1.29, 1.82) is 0 Å². The SMILES string of the molecule is [CH2]C[CH]c1nc(C(C)C)c(Sc2cc(Cl)cc(Cl)c2)n1CC(F)(F)F. The summed E-state index contributed by atoms with van der Waals surface area (Å²) in [6, 6.07) is 4.90. The topological polar surface area (TPSA) is 17.8 Å². The summed E-state index contributed by atoms with van der Waals surface area (Å²) in [5.41, 5.74) is 0.602. The number of aromatic nitrogens is 2. The van der Waals surface area contributed by atoms with Gasteiger partial charge in [-0.05, 0) is 30.5 Å². The van der Waals surface area contributed by atoms with Crippen LogP contribution in [0.15, 0.2) is 28.1 Å². The monoisotopic (exact) mass is 408 g/mol. The maximum absolute atomic E-state index is 13.1. The number of imidazole rings is 1. The van der Waals surface area contributed by atoms with Crippen LogP contribution in [-0.4, -0.2) is 15.7 Å². The van der Waals surface area contributed by atoms with Crippen molar-refractivity contribution in [3.8, 4) is 0 Å². The zero-order valence-corrected chi connectivity index (χ0v) is 16.0. The second kappa shape index (κ2) is 8.23. The van der Waals surface area contributed by atoms with Crippen LogP contribution in [0.2, 0.25) is 10.0 Å². The van der Waals surface area contributed by atoms with Gasteiger partial charge in [0.05, 0.1) is 5.69 Å². The van der Waals surface area contributed by atoms with Gasteiger partial charge in [-0.15, -0.1) is 0 Å². The molecule has 0 unspecified atom stereocenters. The van der Waals surface area contributed by atoms with Crippen LogP contribution in [-0.2, 0) is 6.54 Å². The molecule has 0 spiro atoms. The molecule has 0 fully saturated rings. The van der Waals surface area contributed by atoms with E-state index in [1.165, 1.54) is 16.3 Å². The molecule has 25 heavy (non-hydrogen) atoms. The molecule has 0 atom stereocenters. The summed E-state index contributed by atoms with van der Waals surface area (Å²) < 4.78 is 40.4. The van der Waals surface area contributed by atoms with E-state index in [1.807, 2.05) is 13.8 Å². The summed E-state index contributed by atoms with van der Waals surface area (Å²) >= 11 is 13.2. The van der Waals surface area contributed by atoms with E-state index >= 15 is 0 Å². The fourth-order valence-electron chi connectivity index (χ4n) is 2.27. The highest BCUT2D eigenvalue weighted by molar-refractivity contribution is 7.99. The third-order valence-corrected chi connectivity index (χ3v) is 4.77. The van der Waals surface area contributed by atoms with Gasteiger partial charge < -0.3 is 4.57 Å². The first-order valence-corrected chi connectivity index (χ1v) is 9.11. The first kappa shape index (κ1) is 20.5. The zero-order valence-electron chi connectivity index (χ0n) is 13.7. The molecule has 8 heteroatoms. The normalized spacial score (nSPS) is 12.2. The average Bonchev–Trinajstić information content (AvgIpc) is 2.75. The molecule has 0 aliphatic rings. The quantitative estimate of drug-likeness (QED) is 0.522. The number of nitrogens with zero attached hydrogens (tertiary/aromatic N) is 2. The summed E-state index contributed by atoms with van der Waals surface area (Å²) in [7, 11) is 0. The van der Waals surface area contributed by atoms with Gasteiger partial charge in [-0.1, -0.05) is 55.7 Å². The summed E-state index contributed by atoms with van der Waals surface area (Å²) in [4.78, 5) is 5.06. The van der Waals surface area contributed by atoms with Gasteiger partial charge in [0, 0.05) is 21.4 Å². The van der Waals surface area contributed by atoms with Gasteiger partial charge in [-0.2, -0.15) is 13.2 Å². The van der Waals surface area contributed by atoms with Gasteiger partial charge in [0.15, 0.2) is 0 Å². The van der Waals surface area contributed by atoms with E-state index in [0.717, 1.165) is 0 Å². The van der Waals surface area contributed by atoms with Crippen molar-refractivity contribution < 1.29 is 13.2 Å². The molecule has 2 aromatic rings. The summed E-state index contributed by atoms with van der Waals surface area (Å²) in [5, 5.41) is 1.28. The van der Waals surface area contributed by atoms with Crippen LogP contribution in [0, 0.1) is 13.3 Å². The minimum atomic E-state index is -4.36. The standard InChI is InChI=1S/C17H17Cl2F3N2S/c1-4-5-14-23-15(10(2)3)16(24(14)9-17(20,21)22)25-13-7-11(18)6-12(19)8-13/h5-8,10H,1,4,9H2,2-3H3. The van der Waals surface area contributed by atoms with Crippen molar-refractivity contribution in [2.75, 3.05) is 0 Å². The van der Waals surface area contributed by atoms with Crippen LogP contribution in [0.3, 0.4) is 0 Å². The Labute approximate surface area is 159 Å². The molecule has 0 saturated carbocycles. The Hall–Kier alpha value is -0.850. The van der Waals surface area contributed by atoms with E-state index in [-0.39, 0.29) is 11.7 Å². The fourth-order valence-corrected chi connectivity index (χ4v) is 4.18. The number of hydrogen-bond donors (Lipinski definition) is 0. The lowest BCUT2D eigenvalue weighted by Crippen LogP contribution is -2.20. The molecule has 0 aliphatic heterocycles. The fraction of sp³-hybridized carbons (Fsp3) is 0.353. The van der Waals surface area contributed by atoms with Crippen LogP contribution in [0.1, 0.15) is 37.7 Å². The molecule has 2 nitrogen and oxygen atoms in total. The maximum Gasteiger partial charge on any atom is 0.406 e. The molecule has 136 valence electrons. The molecule has 0 N–H and O–H groups in total. The second-order valence-electron chi connectivity index (χ2n) is 5.72. The molecule has 1 aromatic carbocycles. The highest BCUT2D eigenvalue weighted by Crippen LogP contribution is 2.38. The van der Waals surface area contributed by atoms with E-state index in [2.05, 4.69) is 11.9 Å². The first-order chi connectivity index (χ1) is 11.6. The minimum Gasteiger partial charge on any atom is -0.313 e.